The summed E-state index contributed by atoms with van der Waals surface area (Å²) in [5, 5.41) is 2.75. The van der Waals surface area contributed by atoms with Crippen LogP contribution in [0.1, 0.15) is 23.2 Å². The molecule has 1 N–H and O–H groups in total. The standard InChI is InChI=1S/C12H12BrNO3/c13-9-3-1-8(2-4-9)12(16)17-7-11(15)14-10-5-6-10/h1-4,10H,5-7H2,(H,14,15). The van der Waals surface area contributed by atoms with Gasteiger partial charge in [0.15, 0.2) is 6.61 Å². The van der Waals surface area contributed by atoms with Crippen molar-refractivity contribution in [3.8, 4) is 0 Å². The molecule has 0 unspecified atom stereocenters. The lowest BCUT2D eigenvalue weighted by atomic mass is 10.2. The first-order valence-electron chi connectivity index (χ1n) is 5.37. The van der Waals surface area contributed by atoms with Crippen molar-refractivity contribution in [1.29, 1.82) is 0 Å². The van der Waals surface area contributed by atoms with Crippen molar-refractivity contribution in [2.45, 2.75) is 18.9 Å². The van der Waals surface area contributed by atoms with Crippen LogP contribution in [-0.2, 0) is 9.53 Å². The van der Waals surface area contributed by atoms with Crippen LogP contribution in [0.2, 0.25) is 0 Å². The molecule has 0 radical (unpaired) electrons. The van der Waals surface area contributed by atoms with E-state index in [1.807, 2.05) is 0 Å². The summed E-state index contributed by atoms with van der Waals surface area (Å²) in [4.78, 5) is 22.8. The molecule has 0 saturated heterocycles. The Morgan fingerprint density at radius 1 is 1.29 bits per heavy atom. The first kappa shape index (κ1) is 12.1. The third-order valence-electron chi connectivity index (χ3n) is 2.36. The first-order valence-corrected chi connectivity index (χ1v) is 6.16. The molecule has 5 heteroatoms. The van der Waals surface area contributed by atoms with E-state index in [-0.39, 0.29) is 18.6 Å². The molecule has 1 fully saturated rings. The number of carbonyl (C=O) groups is 2. The van der Waals surface area contributed by atoms with Gasteiger partial charge in [0.05, 0.1) is 5.56 Å². The van der Waals surface area contributed by atoms with Gasteiger partial charge >= 0.3 is 5.97 Å². The fourth-order valence-electron chi connectivity index (χ4n) is 1.30. The second kappa shape index (κ2) is 5.31. The van der Waals surface area contributed by atoms with Gasteiger partial charge in [-0.3, -0.25) is 4.79 Å². The maximum atomic E-state index is 11.5. The zero-order valence-corrected chi connectivity index (χ0v) is 10.7. The number of halogens is 1. The summed E-state index contributed by atoms with van der Waals surface area (Å²) in [6.45, 7) is -0.217. The largest absolute Gasteiger partial charge is 0.452 e. The Hall–Kier alpha value is -1.36. The number of benzene rings is 1. The number of hydrogen-bond donors (Lipinski definition) is 1. The van der Waals surface area contributed by atoms with Crippen LogP contribution in [0.4, 0.5) is 0 Å². The van der Waals surface area contributed by atoms with Crippen LogP contribution in [0.5, 0.6) is 0 Å². The van der Waals surface area contributed by atoms with Gasteiger partial charge in [0, 0.05) is 10.5 Å². The molecule has 90 valence electrons. The van der Waals surface area contributed by atoms with Crippen LogP contribution >= 0.6 is 15.9 Å². The monoisotopic (exact) mass is 297 g/mol. The molecule has 1 aliphatic carbocycles. The SMILES string of the molecule is O=C(COC(=O)c1ccc(Br)cc1)NC1CC1. The van der Waals surface area contributed by atoms with Crippen molar-refractivity contribution in [2.75, 3.05) is 6.61 Å². The van der Waals surface area contributed by atoms with Gasteiger partial charge in [-0.1, -0.05) is 15.9 Å². The Bertz CT molecular complexity index is 426. The number of esters is 1. The van der Waals surface area contributed by atoms with Crippen molar-refractivity contribution < 1.29 is 14.3 Å². The fraction of sp³-hybridized carbons (Fsp3) is 0.333. The summed E-state index contributed by atoms with van der Waals surface area (Å²) < 4.78 is 5.78. The Balaban J connectivity index is 1.79. The fourth-order valence-corrected chi connectivity index (χ4v) is 1.56. The van der Waals surface area contributed by atoms with E-state index in [0.29, 0.717) is 5.56 Å². The van der Waals surface area contributed by atoms with Gasteiger partial charge in [-0.05, 0) is 37.1 Å². The molecule has 1 saturated carbocycles. The van der Waals surface area contributed by atoms with Crippen molar-refractivity contribution in [1.82, 2.24) is 5.32 Å². The maximum absolute atomic E-state index is 11.5. The van der Waals surface area contributed by atoms with E-state index in [4.69, 9.17) is 4.74 Å². The Morgan fingerprint density at radius 3 is 2.53 bits per heavy atom. The highest BCUT2D eigenvalue weighted by molar-refractivity contribution is 9.10. The molecular weight excluding hydrogens is 286 g/mol. The highest BCUT2D eigenvalue weighted by Gasteiger charge is 2.23. The lowest BCUT2D eigenvalue weighted by Crippen LogP contribution is -2.30. The van der Waals surface area contributed by atoms with Crippen LogP contribution in [0.3, 0.4) is 0 Å². The minimum absolute atomic E-state index is 0.217. The third-order valence-corrected chi connectivity index (χ3v) is 2.89. The highest BCUT2D eigenvalue weighted by Crippen LogP contribution is 2.18. The molecule has 0 aliphatic heterocycles. The molecule has 2 rings (SSSR count). The summed E-state index contributed by atoms with van der Waals surface area (Å²) in [5.41, 5.74) is 0.437. The van der Waals surface area contributed by atoms with E-state index in [1.165, 1.54) is 0 Å². The van der Waals surface area contributed by atoms with Crippen molar-refractivity contribution in [3.05, 3.63) is 34.3 Å². The van der Waals surface area contributed by atoms with E-state index in [9.17, 15) is 9.59 Å². The second-order valence-corrected chi connectivity index (χ2v) is 4.84. The van der Waals surface area contributed by atoms with Crippen LogP contribution in [0, 0.1) is 0 Å². The van der Waals surface area contributed by atoms with Gasteiger partial charge in [0.1, 0.15) is 0 Å². The summed E-state index contributed by atoms with van der Waals surface area (Å²) >= 11 is 3.27. The number of ether oxygens (including phenoxy) is 1. The molecule has 0 bridgehead atoms. The van der Waals surface area contributed by atoms with Gasteiger partial charge < -0.3 is 10.1 Å². The van der Waals surface area contributed by atoms with Gasteiger partial charge in [0.25, 0.3) is 5.91 Å². The third kappa shape index (κ3) is 3.85. The van der Waals surface area contributed by atoms with E-state index < -0.39 is 5.97 Å². The van der Waals surface area contributed by atoms with E-state index in [0.717, 1.165) is 17.3 Å². The second-order valence-electron chi connectivity index (χ2n) is 3.92. The summed E-state index contributed by atoms with van der Waals surface area (Å²) in [7, 11) is 0. The predicted molar refractivity (Wildman–Crippen MR) is 65.6 cm³/mol. The number of hydrogen-bond acceptors (Lipinski definition) is 3. The van der Waals surface area contributed by atoms with E-state index in [2.05, 4.69) is 21.2 Å². The molecule has 1 aliphatic rings. The molecule has 1 aromatic rings. The molecule has 1 amide bonds. The van der Waals surface area contributed by atoms with Gasteiger partial charge in [0.2, 0.25) is 0 Å². The molecule has 1 aromatic carbocycles. The lowest BCUT2D eigenvalue weighted by Gasteiger charge is -2.05. The smallest absolute Gasteiger partial charge is 0.338 e. The minimum Gasteiger partial charge on any atom is -0.452 e. The molecule has 4 nitrogen and oxygen atoms in total. The minimum atomic E-state index is -0.483. The number of carbonyl (C=O) groups excluding carboxylic acids is 2. The van der Waals surface area contributed by atoms with Gasteiger partial charge in [-0.2, -0.15) is 0 Å². The van der Waals surface area contributed by atoms with E-state index >= 15 is 0 Å². The van der Waals surface area contributed by atoms with Crippen molar-refractivity contribution in [3.63, 3.8) is 0 Å². The lowest BCUT2D eigenvalue weighted by molar-refractivity contribution is -0.124. The summed E-state index contributed by atoms with van der Waals surface area (Å²) in [6, 6.07) is 7.08. The highest BCUT2D eigenvalue weighted by atomic mass is 79.9. The summed E-state index contributed by atoms with van der Waals surface area (Å²) in [6.07, 6.45) is 2.04. The zero-order valence-electron chi connectivity index (χ0n) is 9.11. The van der Waals surface area contributed by atoms with Crippen LogP contribution in [0.25, 0.3) is 0 Å². The molecule has 0 heterocycles. The van der Waals surface area contributed by atoms with Crippen LogP contribution in [-0.4, -0.2) is 24.5 Å². The van der Waals surface area contributed by atoms with Crippen molar-refractivity contribution in [2.24, 2.45) is 0 Å². The normalized spacial score (nSPS) is 14.2. The molecule has 0 atom stereocenters. The molecule has 17 heavy (non-hydrogen) atoms. The number of amides is 1. The Morgan fingerprint density at radius 2 is 1.94 bits per heavy atom. The van der Waals surface area contributed by atoms with Crippen LogP contribution < -0.4 is 5.32 Å². The topological polar surface area (TPSA) is 55.4 Å². The predicted octanol–water partition coefficient (Wildman–Crippen LogP) is 1.88. The Kier molecular flexibility index (Phi) is 3.78. The summed E-state index contributed by atoms with van der Waals surface area (Å²) in [5.74, 6) is -0.721. The average molecular weight is 298 g/mol. The number of rotatable bonds is 4. The number of nitrogens with one attached hydrogen (secondary N) is 1. The molecule has 0 spiro atoms. The van der Waals surface area contributed by atoms with Gasteiger partial charge in [-0.25, -0.2) is 4.79 Å². The zero-order chi connectivity index (χ0) is 12.3. The average Bonchev–Trinajstić information content (AvgIpc) is 3.11. The van der Waals surface area contributed by atoms with Gasteiger partial charge in [-0.15, -0.1) is 0 Å². The maximum Gasteiger partial charge on any atom is 0.338 e. The van der Waals surface area contributed by atoms with Crippen molar-refractivity contribution >= 4 is 27.8 Å². The molecular formula is C12H12BrNO3. The quantitative estimate of drug-likeness (QED) is 0.864. The van der Waals surface area contributed by atoms with E-state index in [1.54, 1.807) is 24.3 Å². The van der Waals surface area contributed by atoms with Crippen LogP contribution in [0.15, 0.2) is 28.7 Å². The first-order chi connectivity index (χ1) is 8.15. The molecule has 0 aromatic heterocycles. The Labute approximate surface area is 107 Å².